The first-order chi connectivity index (χ1) is 21.1. The number of aryl methyl sites for hydroxylation is 1. The van der Waals surface area contributed by atoms with E-state index in [0.29, 0.717) is 11.5 Å². The normalized spacial score (nSPS) is 15.4. The molecule has 5 rings (SSSR count). The third-order valence-electron chi connectivity index (χ3n) is 8.26. The van der Waals surface area contributed by atoms with Gasteiger partial charge in [0, 0.05) is 30.2 Å². The van der Waals surface area contributed by atoms with Gasteiger partial charge in [-0.1, -0.05) is 80.9 Å². The van der Waals surface area contributed by atoms with Crippen LogP contribution in [0, 0.1) is 12.8 Å². The first kappa shape index (κ1) is 31.2. The molecule has 0 spiro atoms. The average molecular weight is 594 g/mol. The summed E-state index contributed by atoms with van der Waals surface area (Å²) >= 11 is 0. The number of benzene rings is 3. The first-order valence-electron chi connectivity index (χ1n) is 15.3. The number of piperidine rings is 1. The molecule has 0 saturated carbocycles. The number of aromatic nitrogens is 2. The van der Waals surface area contributed by atoms with Crippen molar-refractivity contribution in [2.75, 3.05) is 30.8 Å². The van der Waals surface area contributed by atoms with Crippen LogP contribution in [0.2, 0.25) is 0 Å². The number of hydrogen-bond acceptors (Lipinski definition) is 5. The van der Waals surface area contributed by atoms with Crippen molar-refractivity contribution < 1.29 is 14.3 Å². The van der Waals surface area contributed by atoms with Gasteiger partial charge in [0.25, 0.3) is 0 Å². The second-order valence-corrected chi connectivity index (χ2v) is 12.6. The third kappa shape index (κ3) is 7.26. The summed E-state index contributed by atoms with van der Waals surface area (Å²) in [5.41, 5.74) is 4.99. The van der Waals surface area contributed by atoms with Crippen molar-refractivity contribution in [1.82, 2.24) is 15.1 Å². The molecule has 2 amide bonds. The van der Waals surface area contributed by atoms with Crippen LogP contribution in [0.1, 0.15) is 68.0 Å². The fourth-order valence-corrected chi connectivity index (χ4v) is 5.86. The van der Waals surface area contributed by atoms with Crippen molar-refractivity contribution in [1.29, 1.82) is 0 Å². The Bertz CT molecular complexity index is 1570. The molecule has 0 bridgehead atoms. The summed E-state index contributed by atoms with van der Waals surface area (Å²) in [6.45, 7) is 10.0. The minimum Gasteiger partial charge on any atom is -0.369 e. The molecule has 44 heavy (non-hydrogen) atoms. The Balaban J connectivity index is 1.40. The van der Waals surface area contributed by atoms with Gasteiger partial charge in [0.05, 0.1) is 11.4 Å². The number of urea groups is 1. The quantitative estimate of drug-likeness (QED) is 0.191. The molecule has 4 aromatic rings. The topological polar surface area (TPSA) is 97.3 Å². The summed E-state index contributed by atoms with van der Waals surface area (Å²) in [7, 11) is 1.59. The number of ketones is 1. The number of carbonyl (C=O) groups is 2. The lowest BCUT2D eigenvalue weighted by Crippen LogP contribution is -2.35. The van der Waals surface area contributed by atoms with Crippen LogP contribution in [0.15, 0.2) is 84.9 Å². The molecule has 1 aromatic heterocycles. The third-order valence-corrected chi connectivity index (χ3v) is 8.26. The lowest BCUT2D eigenvalue weighted by Gasteiger charge is -2.32. The van der Waals surface area contributed by atoms with Gasteiger partial charge in [-0.3, -0.25) is 10.1 Å². The van der Waals surface area contributed by atoms with Gasteiger partial charge in [-0.25, -0.2) is 9.48 Å². The second kappa shape index (κ2) is 13.6. The standard InChI is InChI=1S/C36H43N5O3/c1-24-14-16-29(17-15-24)41-31(23-30(40-41)36(2,3)4)39-35(43)38-28-13-9-12-27(22-28)32(25-18-20-37-21-19-25)33(42)34(44-5)26-10-7-6-8-11-26/h6-17,22-23,25,32,34,37H,18-21H2,1-5H3,(H2,38,39,43). The van der Waals surface area contributed by atoms with E-state index in [0.717, 1.165) is 54.0 Å². The Hall–Kier alpha value is -4.27. The van der Waals surface area contributed by atoms with E-state index in [-0.39, 0.29) is 29.1 Å². The second-order valence-electron chi connectivity index (χ2n) is 12.6. The molecule has 0 aliphatic carbocycles. The summed E-state index contributed by atoms with van der Waals surface area (Å²) in [6.07, 6.45) is 1.10. The van der Waals surface area contributed by atoms with Crippen LogP contribution in [-0.2, 0) is 14.9 Å². The number of nitrogens with zero attached hydrogens (tertiary/aromatic N) is 2. The molecule has 1 fully saturated rings. The van der Waals surface area contributed by atoms with E-state index in [1.165, 1.54) is 0 Å². The van der Waals surface area contributed by atoms with Crippen LogP contribution in [0.25, 0.3) is 5.69 Å². The molecule has 8 heteroatoms. The van der Waals surface area contributed by atoms with E-state index in [9.17, 15) is 9.59 Å². The highest BCUT2D eigenvalue weighted by molar-refractivity contribution is 5.99. The lowest BCUT2D eigenvalue weighted by molar-refractivity contribution is -0.132. The molecule has 230 valence electrons. The number of methoxy groups -OCH3 is 1. The summed E-state index contributed by atoms with van der Waals surface area (Å²) in [5, 5.41) is 14.2. The molecule has 1 saturated heterocycles. The van der Waals surface area contributed by atoms with Gasteiger partial charge in [-0.15, -0.1) is 0 Å². The van der Waals surface area contributed by atoms with Crippen LogP contribution in [0.4, 0.5) is 16.3 Å². The van der Waals surface area contributed by atoms with Gasteiger partial charge >= 0.3 is 6.03 Å². The summed E-state index contributed by atoms with van der Waals surface area (Å²) < 4.78 is 7.54. The van der Waals surface area contributed by atoms with Crippen molar-refractivity contribution in [3.63, 3.8) is 0 Å². The maximum Gasteiger partial charge on any atom is 0.324 e. The molecular weight excluding hydrogens is 550 g/mol. The lowest BCUT2D eigenvalue weighted by atomic mass is 9.75. The van der Waals surface area contributed by atoms with E-state index in [1.807, 2.05) is 91.9 Å². The van der Waals surface area contributed by atoms with Gasteiger partial charge in [0.15, 0.2) is 5.78 Å². The van der Waals surface area contributed by atoms with E-state index in [2.05, 4.69) is 36.7 Å². The number of anilines is 2. The van der Waals surface area contributed by atoms with Gasteiger partial charge in [-0.05, 0) is 74.2 Å². The van der Waals surface area contributed by atoms with Crippen molar-refractivity contribution in [3.05, 3.63) is 107 Å². The largest absolute Gasteiger partial charge is 0.369 e. The molecular formula is C36H43N5O3. The summed E-state index contributed by atoms with van der Waals surface area (Å²) in [5.74, 6) is 0.392. The van der Waals surface area contributed by atoms with Crippen molar-refractivity contribution >= 4 is 23.3 Å². The van der Waals surface area contributed by atoms with E-state index in [4.69, 9.17) is 9.84 Å². The van der Waals surface area contributed by atoms with Crippen LogP contribution in [0.3, 0.4) is 0 Å². The van der Waals surface area contributed by atoms with Gasteiger partial charge < -0.3 is 15.4 Å². The minimum atomic E-state index is -0.671. The maximum absolute atomic E-state index is 14.2. The highest BCUT2D eigenvalue weighted by Crippen LogP contribution is 2.37. The Morgan fingerprint density at radius 3 is 2.25 bits per heavy atom. The zero-order chi connectivity index (χ0) is 31.3. The minimum absolute atomic E-state index is 0.0314. The molecule has 1 aliphatic heterocycles. The zero-order valence-electron chi connectivity index (χ0n) is 26.3. The number of rotatable bonds is 9. The monoisotopic (exact) mass is 593 g/mol. The number of Topliss-reactive ketones (excluding diaryl/α,β-unsaturated/α-hetero) is 1. The maximum atomic E-state index is 14.2. The highest BCUT2D eigenvalue weighted by Gasteiger charge is 2.36. The number of carbonyl (C=O) groups excluding carboxylic acids is 2. The van der Waals surface area contributed by atoms with Crippen LogP contribution in [0.5, 0.6) is 0 Å². The number of nitrogens with one attached hydrogen (secondary N) is 3. The average Bonchev–Trinajstić information content (AvgIpc) is 3.44. The SMILES string of the molecule is COC(C(=O)C(c1cccc(NC(=O)Nc2cc(C(C)(C)C)nn2-c2ccc(C)cc2)c1)C1CCNCC1)c1ccccc1. The fourth-order valence-electron chi connectivity index (χ4n) is 5.86. The Morgan fingerprint density at radius 2 is 1.59 bits per heavy atom. The van der Waals surface area contributed by atoms with Crippen molar-refractivity contribution in [2.24, 2.45) is 5.92 Å². The predicted molar refractivity (Wildman–Crippen MR) is 176 cm³/mol. The Morgan fingerprint density at radius 1 is 0.909 bits per heavy atom. The molecule has 3 aromatic carbocycles. The molecule has 2 unspecified atom stereocenters. The van der Waals surface area contributed by atoms with E-state index >= 15 is 0 Å². The van der Waals surface area contributed by atoms with E-state index in [1.54, 1.807) is 11.8 Å². The smallest absolute Gasteiger partial charge is 0.324 e. The molecule has 2 heterocycles. The molecule has 2 atom stereocenters. The highest BCUT2D eigenvalue weighted by atomic mass is 16.5. The predicted octanol–water partition coefficient (Wildman–Crippen LogP) is 7.16. The van der Waals surface area contributed by atoms with Gasteiger partial charge in [0.1, 0.15) is 11.9 Å². The summed E-state index contributed by atoms with van der Waals surface area (Å²) in [6, 6.07) is 26.8. The number of ether oxygens (including phenoxy) is 1. The van der Waals surface area contributed by atoms with Gasteiger partial charge in [0.2, 0.25) is 0 Å². The van der Waals surface area contributed by atoms with Crippen LogP contribution < -0.4 is 16.0 Å². The van der Waals surface area contributed by atoms with Gasteiger partial charge in [-0.2, -0.15) is 5.10 Å². The van der Waals surface area contributed by atoms with Crippen molar-refractivity contribution in [2.45, 2.75) is 58.0 Å². The van der Waals surface area contributed by atoms with Crippen molar-refractivity contribution in [3.8, 4) is 5.69 Å². The first-order valence-corrected chi connectivity index (χ1v) is 15.3. The molecule has 8 nitrogen and oxygen atoms in total. The van der Waals surface area contributed by atoms with Crippen LogP contribution >= 0.6 is 0 Å². The molecule has 3 N–H and O–H groups in total. The molecule has 0 radical (unpaired) electrons. The zero-order valence-corrected chi connectivity index (χ0v) is 26.3. The summed E-state index contributed by atoms with van der Waals surface area (Å²) in [4.78, 5) is 27.5. The number of amides is 2. The van der Waals surface area contributed by atoms with E-state index < -0.39 is 6.10 Å². The fraction of sp³-hybridized carbons (Fsp3) is 0.361. The molecule has 1 aliphatic rings. The number of hydrogen-bond donors (Lipinski definition) is 3. The Kier molecular flexibility index (Phi) is 9.61. The Labute approximate surface area is 260 Å². The van der Waals surface area contributed by atoms with Crippen LogP contribution in [-0.4, -0.2) is 41.8 Å².